The van der Waals surface area contributed by atoms with Crippen molar-refractivity contribution in [2.75, 3.05) is 5.32 Å². The minimum Gasteiger partial charge on any atom is -0.296 e. The lowest BCUT2D eigenvalue weighted by molar-refractivity contribution is 0.102. The molecule has 0 fully saturated rings. The number of anilines is 1. The molecular formula is C17H18ClN5OS. The van der Waals surface area contributed by atoms with E-state index in [0.717, 1.165) is 29.8 Å². The van der Waals surface area contributed by atoms with Crippen LogP contribution in [-0.4, -0.2) is 25.9 Å². The highest BCUT2D eigenvalue weighted by Crippen LogP contribution is 2.19. The maximum atomic E-state index is 12.3. The smallest absolute Gasteiger partial charge is 0.260 e. The van der Waals surface area contributed by atoms with Crippen LogP contribution >= 0.6 is 22.9 Å². The van der Waals surface area contributed by atoms with Crippen LogP contribution in [0.25, 0.3) is 0 Å². The molecule has 0 unspecified atom stereocenters. The molecule has 0 spiro atoms. The second kappa shape index (κ2) is 8.22. The van der Waals surface area contributed by atoms with Crippen molar-refractivity contribution < 1.29 is 4.79 Å². The molecule has 3 aromatic rings. The Labute approximate surface area is 154 Å². The summed E-state index contributed by atoms with van der Waals surface area (Å²) in [6.07, 6.45) is 6.28. The lowest BCUT2D eigenvalue weighted by atomic mass is 10.2. The van der Waals surface area contributed by atoms with Crippen molar-refractivity contribution in [3.05, 3.63) is 57.8 Å². The zero-order chi connectivity index (χ0) is 17.6. The molecule has 0 bridgehead atoms. The molecule has 3 rings (SSSR count). The van der Waals surface area contributed by atoms with Gasteiger partial charge in [-0.1, -0.05) is 54.5 Å². The summed E-state index contributed by atoms with van der Waals surface area (Å²) in [6, 6.07) is 7.57. The van der Waals surface area contributed by atoms with Gasteiger partial charge in [-0.2, -0.15) is 5.10 Å². The van der Waals surface area contributed by atoms with Crippen LogP contribution in [-0.2, 0) is 13.0 Å². The Kier molecular flexibility index (Phi) is 5.78. The third-order valence-electron chi connectivity index (χ3n) is 3.62. The first kappa shape index (κ1) is 17.6. The average molecular weight is 376 g/mol. The van der Waals surface area contributed by atoms with E-state index >= 15 is 0 Å². The quantitative estimate of drug-likeness (QED) is 0.676. The number of aryl methyl sites for hydroxylation is 1. The molecule has 1 aromatic carbocycles. The van der Waals surface area contributed by atoms with Gasteiger partial charge in [-0.3, -0.25) is 14.8 Å². The van der Waals surface area contributed by atoms with Crippen LogP contribution < -0.4 is 5.32 Å². The summed E-state index contributed by atoms with van der Waals surface area (Å²) in [5.74, 6) is -0.247. The molecule has 0 aliphatic carbocycles. The Hall–Kier alpha value is -2.25. The molecule has 0 radical (unpaired) electrons. The van der Waals surface area contributed by atoms with E-state index in [-0.39, 0.29) is 5.91 Å². The van der Waals surface area contributed by atoms with Gasteiger partial charge in [-0.25, -0.2) is 0 Å². The predicted octanol–water partition coefficient (Wildman–Crippen LogP) is 4.03. The van der Waals surface area contributed by atoms with Crippen molar-refractivity contribution >= 4 is 34.0 Å². The highest BCUT2D eigenvalue weighted by molar-refractivity contribution is 7.15. The number of aromatic nitrogens is 4. The van der Waals surface area contributed by atoms with Crippen LogP contribution in [0.1, 0.15) is 40.7 Å². The van der Waals surface area contributed by atoms with Gasteiger partial charge in [0.2, 0.25) is 5.13 Å². The van der Waals surface area contributed by atoms with E-state index in [1.54, 1.807) is 10.9 Å². The topological polar surface area (TPSA) is 72.7 Å². The van der Waals surface area contributed by atoms with Crippen molar-refractivity contribution in [1.29, 1.82) is 0 Å². The summed E-state index contributed by atoms with van der Waals surface area (Å²) in [6.45, 7) is 2.64. The number of nitrogens with one attached hydrogen (secondary N) is 1. The number of nitrogens with zero attached hydrogens (tertiary/aromatic N) is 4. The second-order valence-corrected chi connectivity index (χ2v) is 7.05. The maximum absolute atomic E-state index is 12.3. The van der Waals surface area contributed by atoms with Gasteiger partial charge in [0, 0.05) is 17.6 Å². The fraction of sp³-hybridized carbons (Fsp3) is 0.294. The molecule has 0 aliphatic heterocycles. The zero-order valence-electron chi connectivity index (χ0n) is 13.8. The van der Waals surface area contributed by atoms with Crippen LogP contribution in [0, 0.1) is 0 Å². The largest absolute Gasteiger partial charge is 0.296 e. The number of hydrogen-bond donors (Lipinski definition) is 1. The van der Waals surface area contributed by atoms with Gasteiger partial charge in [0.25, 0.3) is 5.91 Å². The van der Waals surface area contributed by atoms with Gasteiger partial charge in [-0.15, -0.1) is 10.2 Å². The van der Waals surface area contributed by atoms with Gasteiger partial charge in [0.05, 0.1) is 18.3 Å². The van der Waals surface area contributed by atoms with Gasteiger partial charge in [-0.05, 0) is 18.1 Å². The molecule has 0 atom stereocenters. The van der Waals surface area contributed by atoms with Gasteiger partial charge in [0.15, 0.2) is 0 Å². The molecule has 25 heavy (non-hydrogen) atoms. The highest BCUT2D eigenvalue weighted by atomic mass is 35.5. The summed E-state index contributed by atoms with van der Waals surface area (Å²) in [5, 5.41) is 17.2. The number of carbonyl (C=O) groups excluding carboxylic acids is 1. The number of halogens is 1. The summed E-state index contributed by atoms with van der Waals surface area (Å²) >= 11 is 7.56. The van der Waals surface area contributed by atoms with E-state index in [2.05, 4.69) is 27.5 Å². The Morgan fingerprint density at radius 2 is 2.16 bits per heavy atom. The van der Waals surface area contributed by atoms with Crippen molar-refractivity contribution in [3.8, 4) is 0 Å². The molecule has 2 heterocycles. The Morgan fingerprint density at radius 1 is 1.32 bits per heavy atom. The third-order valence-corrected chi connectivity index (χ3v) is 4.88. The second-order valence-electron chi connectivity index (χ2n) is 5.58. The molecule has 8 heteroatoms. The monoisotopic (exact) mass is 375 g/mol. The summed E-state index contributed by atoms with van der Waals surface area (Å²) < 4.78 is 1.68. The molecule has 0 aliphatic rings. The molecule has 1 amide bonds. The Balaban J connectivity index is 1.62. The molecule has 1 N–H and O–H groups in total. The molecule has 0 saturated carbocycles. The van der Waals surface area contributed by atoms with Crippen LogP contribution in [0.15, 0.2) is 36.7 Å². The molecule has 130 valence electrons. The average Bonchev–Trinajstić information content (AvgIpc) is 3.24. The molecule has 0 saturated heterocycles. The summed E-state index contributed by atoms with van der Waals surface area (Å²) in [5.41, 5.74) is 1.42. The molecule has 2 aromatic heterocycles. The zero-order valence-corrected chi connectivity index (χ0v) is 15.3. The van der Waals surface area contributed by atoms with Crippen LogP contribution in [0.3, 0.4) is 0 Å². The van der Waals surface area contributed by atoms with Crippen molar-refractivity contribution in [2.45, 2.75) is 32.7 Å². The van der Waals surface area contributed by atoms with Gasteiger partial charge < -0.3 is 0 Å². The van der Waals surface area contributed by atoms with Crippen LogP contribution in [0.4, 0.5) is 5.13 Å². The minimum atomic E-state index is -0.247. The first-order valence-electron chi connectivity index (χ1n) is 8.05. The SMILES string of the molecule is CCCCc1nnc(NC(=O)c2cnn(Cc3ccccc3Cl)c2)s1. The summed E-state index contributed by atoms with van der Waals surface area (Å²) in [7, 11) is 0. The number of benzene rings is 1. The van der Waals surface area contributed by atoms with Gasteiger partial charge in [0.1, 0.15) is 5.01 Å². The van der Waals surface area contributed by atoms with Gasteiger partial charge >= 0.3 is 0 Å². The van der Waals surface area contributed by atoms with E-state index in [1.807, 2.05) is 24.3 Å². The standard InChI is InChI=1S/C17H18ClN5OS/c1-2-3-8-15-21-22-17(25-15)20-16(24)13-9-19-23(11-13)10-12-6-4-5-7-14(12)18/h4-7,9,11H,2-3,8,10H2,1H3,(H,20,22,24). The van der Waals surface area contributed by atoms with E-state index < -0.39 is 0 Å². The number of unbranched alkanes of at least 4 members (excludes halogenated alkanes) is 1. The first-order valence-corrected chi connectivity index (χ1v) is 9.24. The van der Waals surface area contributed by atoms with Crippen molar-refractivity contribution in [2.24, 2.45) is 0 Å². The Morgan fingerprint density at radius 3 is 2.96 bits per heavy atom. The number of amides is 1. The fourth-order valence-corrected chi connectivity index (χ4v) is 3.24. The third kappa shape index (κ3) is 4.64. The van der Waals surface area contributed by atoms with E-state index in [0.29, 0.717) is 22.3 Å². The lowest BCUT2D eigenvalue weighted by Crippen LogP contribution is -2.11. The van der Waals surface area contributed by atoms with Crippen LogP contribution in [0.2, 0.25) is 5.02 Å². The van der Waals surface area contributed by atoms with Crippen molar-refractivity contribution in [3.63, 3.8) is 0 Å². The van der Waals surface area contributed by atoms with E-state index in [1.165, 1.54) is 17.5 Å². The normalized spacial score (nSPS) is 10.8. The van der Waals surface area contributed by atoms with Crippen molar-refractivity contribution in [1.82, 2.24) is 20.0 Å². The predicted molar refractivity (Wildman–Crippen MR) is 99.3 cm³/mol. The van der Waals surface area contributed by atoms with E-state index in [4.69, 9.17) is 11.6 Å². The molecular weight excluding hydrogens is 358 g/mol. The lowest BCUT2D eigenvalue weighted by Gasteiger charge is -2.03. The first-order chi connectivity index (χ1) is 12.2. The molecule has 6 nitrogen and oxygen atoms in total. The number of hydrogen-bond acceptors (Lipinski definition) is 5. The van der Waals surface area contributed by atoms with E-state index in [9.17, 15) is 4.79 Å². The maximum Gasteiger partial charge on any atom is 0.260 e. The minimum absolute atomic E-state index is 0.247. The number of carbonyl (C=O) groups is 1. The summed E-state index contributed by atoms with van der Waals surface area (Å²) in [4.78, 5) is 12.3. The van der Waals surface area contributed by atoms with Crippen LogP contribution in [0.5, 0.6) is 0 Å². The number of rotatable bonds is 7. The highest BCUT2D eigenvalue weighted by Gasteiger charge is 2.12. The fourth-order valence-electron chi connectivity index (χ4n) is 2.27. The Bertz CT molecular complexity index is 860.